The second kappa shape index (κ2) is 8.55. The summed E-state index contributed by atoms with van der Waals surface area (Å²) in [5, 5.41) is 0. The van der Waals surface area contributed by atoms with Crippen molar-refractivity contribution in [2.24, 2.45) is 0 Å². The van der Waals surface area contributed by atoms with Gasteiger partial charge in [-0.2, -0.15) is 0 Å². The number of benzene rings is 1. The molecule has 3 atom stereocenters. The van der Waals surface area contributed by atoms with Crippen molar-refractivity contribution in [1.82, 2.24) is 4.90 Å². The van der Waals surface area contributed by atoms with Gasteiger partial charge in [-0.05, 0) is 36.4 Å². The van der Waals surface area contributed by atoms with Gasteiger partial charge in [0.15, 0.2) is 0 Å². The Kier molecular flexibility index (Phi) is 7.46. The predicted molar refractivity (Wildman–Crippen MR) is 109 cm³/mol. The number of fused-ring (bicyclic) bond motifs is 2. The normalized spacial score (nSPS) is 25.0. The van der Waals surface area contributed by atoms with Crippen LogP contribution in [0.25, 0.3) is 5.57 Å². The van der Waals surface area contributed by atoms with Crippen LogP contribution >= 0.6 is 12.4 Å². The summed E-state index contributed by atoms with van der Waals surface area (Å²) >= 11 is 0. The van der Waals surface area contributed by atoms with E-state index in [0.29, 0.717) is 17.7 Å². The Bertz CT molecular complexity index is 622. The van der Waals surface area contributed by atoms with Gasteiger partial charge in [0.1, 0.15) is 6.10 Å². The van der Waals surface area contributed by atoms with E-state index in [1.54, 1.807) is 0 Å². The molecule has 0 spiro atoms. The smallest absolute Gasteiger partial charge is 0.338 e. The van der Waals surface area contributed by atoms with Crippen molar-refractivity contribution in [1.29, 1.82) is 0 Å². The van der Waals surface area contributed by atoms with Gasteiger partial charge in [-0.25, -0.2) is 4.79 Å². The standard InChI is InChI=1S/C21H29NO2.ClH.H2O/c1-14(15-6-8-16(9-7-15)21(2,3)4)20(23)24-19-12-17-10-11-18(13-19)22(17)5;;/h6-9,17-19H,1,10-13H2,2-5H3;1H;1H2/t17-,18+,19?;;. The Morgan fingerprint density at radius 3 is 2.08 bits per heavy atom. The lowest BCUT2D eigenvalue weighted by atomic mass is 9.86. The average Bonchev–Trinajstić information content (AvgIpc) is 2.74. The number of hydrogen-bond acceptors (Lipinski definition) is 3. The highest BCUT2D eigenvalue weighted by molar-refractivity contribution is 6.15. The summed E-state index contributed by atoms with van der Waals surface area (Å²) in [6.07, 6.45) is 4.40. The molecule has 2 aliphatic rings. The molecule has 1 unspecified atom stereocenters. The first-order valence-electron chi connectivity index (χ1n) is 8.98. The van der Waals surface area contributed by atoms with Crippen LogP contribution in [0.15, 0.2) is 30.8 Å². The van der Waals surface area contributed by atoms with Gasteiger partial charge in [-0.3, -0.25) is 0 Å². The second-order valence-corrected chi connectivity index (χ2v) is 8.36. The minimum absolute atomic E-state index is 0. The summed E-state index contributed by atoms with van der Waals surface area (Å²) in [6.45, 7) is 10.5. The first kappa shape index (κ1) is 22.7. The number of piperidine rings is 1. The van der Waals surface area contributed by atoms with Crippen molar-refractivity contribution in [2.75, 3.05) is 7.05 Å². The van der Waals surface area contributed by atoms with E-state index in [1.807, 2.05) is 12.1 Å². The molecule has 0 aliphatic carbocycles. The first-order chi connectivity index (χ1) is 11.3. The maximum Gasteiger partial charge on any atom is 0.338 e. The van der Waals surface area contributed by atoms with E-state index in [0.717, 1.165) is 18.4 Å². The lowest BCUT2D eigenvalue weighted by molar-refractivity contribution is -0.145. The third kappa shape index (κ3) is 4.67. The molecule has 0 radical (unpaired) electrons. The highest BCUT2D eigenvalue weighted by Crippen LogP contribution is 2.36. The van der Waals surface area contributed by atoms with Crippen LogP contribution in [0.3, 0.4) is 0 Å². The van der Waals surface area contributed by atoms with Gasteiger partial charge in [-0.1, -0.05) is 51.6 Å². The van der Waals surface area contributed by atoms with Gasteiger partial charge in [-0.15, -0.1) is 12.4 Å². The summed E-state index contributed by atoms with van der Waals surface area (Å²) in [5.41, 5.74) is 2.67. The van der Waals surface area contributed by atoms with Crippen molar-refractivity contribution in [3.05, 3.63) is 42.0 Å². The third-order valence-electron chi connectivity index (χ3n) is 5.67. The lowest BCUT2D eigenvalue weighted by Gasteiger charge is -2.35. The van der Waals surface area contributed by atoms with Crippen LogP contribution < -0.4 is 0 Å². The fraction of sp³-hybridized carbons (Fsp3) is 0.571. The molecule has 0 aromatic heterocycles. The molecule has 4 nitrogen and oxygen atoms in total. The van der Waals surface area contributed by atoms with Crippen LogP contribution in [-0.2, 0) is 14.9 Å². The molecule has 0 amide bonds. The number of rotatable bonds is 3. The van der Waals surface area contributed by atoms with Crippen molar-refractivity contribution in [2.45, 2.75) is 70.1 Å². The molecule has 2 fully saturated rings. The molecular weight excluding hydrogens is 350 g/mol. The van der Waals surface area contributed by atoms with Crippen LogP contribution in [0, 0.1) is 0 Å². The van der Waals surface area contributed by atoms with E-state index >= 15 is 0 Å². The third-order valence-corrected chi connectivity index (χ3v) is 5.67. The predicted octanol–water partition coefficient (Wildman–Crippen LogP) is 3.76. The van der Waals surface area contributed by atoms with E-state index < -0.39 is 0 Å². The fourth-order valence-corrected chi connectivity index (χ4v) is 3.97. The molecule has 2 bridgehead atoms. The number of carbonyl (C=O) groups excluding carboxylic acids is 1. The molecule has 5 heteroatoms. The molecule has 2 saturated heterocycles. The monoisotopic (exact) mass is 381 g/mol. The number of carbonyl (C=O) groups is 1. The number of esters is 1. The molecule has 1 aromatic carbocycles. The maximum atomic E-state index is 12.5. The zero-order valence-corrected chi connectivity index (χ0v) is 17.1. The molecule has 2 N–H and O–H groups in total. The van der Waals surface area contributed by atoms with Crippen molar-refractivity contribution >= 4 is 23.9 Å². The molecule has 1 aromatic rings. The molecule has 0 saturated carbocycles. The highest BCUT2D eigenvalue weighted by atomic mass is 35.5. The van der Waals surface area contributed by atoms with Gasteiger partial charge in [0.05, 0.1) is 5.57 Å². The largest absolute Gasteiger partial charge is 0.459 e. The van der Waals surface area contributed by atoms with Crippen LogP contribution in [-0.4, -0.2) is 41.6 Å². The molecule has 2 aliphatic heterocycles. The molecular formula is C21H32ClNO3. The minimum atomic E-state index is -0.271. The molecule has 26 heavy (non-hydrogen) atoms. The number of nitrogens with zero attached hydrogens (tertiary/aromatic N) is 1. The van der Waals surface area contributed by atoms with Crippen molar-refractivity contribution in [3.8, 4) is 0 Å². The van der Waals surface area contributed by atoms with Gasteiger partial charge in [0.2, 0.25) is 0 Å². The Labute approximate surface area is 163 Å². The van der Waals surface area contributed by atoms with Crippen LogP contribution in [0.5, 0.6) is 0 Å². The van der Waals surface area contributed by atoms with Gasteiger partial charge in [0, 0.05) is 24.9 Å². The molecule has 146 valence electrons. The zero-order chi connectivity index (χ0) is 17.5. The summed E-state index contributed by atoms with van der Waals surface area (Å²) in [6, 6.07) is 9.24. The summed E-state index contributed by atoms with van der Waals surface area (Å²) in [4.78, 5) is 14.9. The zero-order valence-electron chi connectivity index (χ0n) is 16.2. The van der Waals surface area contributed by atoms with E-state index in [-0.39, 0.29) is 35.4 Å². The Morgan fingerprint density at radius 2 is 1.62 bits per heavy atom. The van der Waals surface area contributed by atoms with E-state index in [1.165, 1.54) is 18.4 Å². The summed E-state index contributed by atoms with van der Waals surface area (Å²) in [5.74, 6) is -0.271. The molecule has 2 heterocycles. The molecule has 3 rings (SSSR count). The van der Waals surface area contributed by atoms with Crippen molar-refractivity contribution < 1.29 is 15.0 Å². The van der Waals surface area contributed by atoms with Gasteiger partial charge < -0.3 is 15.1 Å². The average molecular weight is 382 g/mol. The van der Waals surface area contributed by atoms with Crippen LogP contribution in [0.1, 0.15) is 57.6 Å². The number of halogens is 1. The number of hydrogen-bond donors (Lipinski definition) is 0. The second-order valence-electron chi connectivity index (χ2n) is 8.36. The number of ether oxygens (including phenoxy) is 1. The SMILES string of the molecule is C=C(C(=O)OC1C[C@H]2CC[C@@H](C1)N2C)c1ccc(C(C)(C)C)cc1.Cl.O. The Balaban J connectivity index is 0.00000169. The highest BCUT2D eigenvalue weighted by Gasteiger charge is 2.40. The summed E-state index contributed by atoms with van der Waals surface area (Å²) in [7, 11) is 2.19. The van der Waals surface area contributed by atoms with Crippen molar-refractivity contribution in [3.63, 3.8) is 0 Å². The fourth-order valence-electron chi connectivity index (χ4n) is 3.97. The maximum absolute atomic E-state index is 12.5. The van der Waals surface area contributed by atoms with E-state index in [4.69, 9.17) is 4.74 Å². The topological polar surface area (TPSA) is 61.0 Å². The van der Waals surface area contributed by atoms with E-state index in [9.17, 15) is 4.79 Å². The Hall–Kier alpha value is -1.36. The summed E-state index contributed by atoms with van der Waals surface area (Å²) < 4.78 is 5.77. The van der Waals surface area contributed by atoms with Gasteiger partial charge in [0.25, 0.3) is 0 Å². The Morgan fingerprint density at radius 1 is 1.12 bits per heavy atom. The van der Waals surface area contributed by atoms with Gasteiger partial charge >= 0.3 is 5.97 Å². The first-order valence-corrected chi connectivity index (χ1v) is 8.98. The van der Waals surface area contributed by atoms with Crippen LogP contribution in [0.2, 0.25) is 0 Å². The van der Waals surface area contributed by atoms with Crippen LogP contribution in [0.4, 0.5) is 0 Å². The lowest BCUT2D eigenvalue weighted by Crippen LogP contribution is -2.43. The minimum Gasteiger partial charge on any atom is -0.459 e. The van der Waals surface area contributed by atoms with E-state index in [2.05, 4.69) is 51.4 Å². The quantitative estimate of drug-likeness (QED) is 0.591.